The van der Waals surface area contributed by atoms with Crippen molar-refractivity contribution in [3.8, 4) is 0 Å². The maximum atomic E-state index is 11.0. The SMILES string of the molecule is O=C(O)c1cccc2cccc(C(=O)O)c12.[H-].[H-].[K+].[K+]. The zero-order chi connectivity index (χ0) is 11.7. The monoisotopic (exact) mass is 296 g/mol. The minimum absolute atomic E-state index is 0. The number of rotatable bonds is 2. The van der Waals surface area contributed by atoms with Crippen LogP contribution in [-0.2, 0) is 0 Å². The second-order valence-corrected chi connectivity index (χ2v) is 3.32. The van der Waals surface area contributed by atoms with Crippen molar-refractivity contribution in [2.24, 2.45) is 0 Å². The van der Waals surface area contributed by atoms with Crippen LogP contribution in [0.25, 0.3) is 10.8 Å². The molecular weight excluding hydrogens is 286 g/mol. The van der Waals surface area contributed by atoms with Crippen molar-refractivity contribution in [2.45, 2.75) is 0 Å². The Balaban J connectivity index is -0.000000722. The number of carbonyl (C=O) groups is 2. The van der Waals surface area contributed by atoms with Crippen molar-refractivity contribution in [1.82, 2.24) is 0 Å². The fourth-order valence-corrected chi connectivity index (χ4v) is 1.70. The number of aromatic carboxylic acids is 2. The van der Waals surface area contributed by atoms with Crippen LogP contribution in [0.4, 0.5) is 0 Å². The maximum absolute atomic E-state index is 11.0. The Kier molecular flexibility index (Phi) is 8.67. The van der Waals surface area contributed by atoms with Crippen LogP contribution in [-0.4, -0.2) is 22.2 Å². The van der Waals surface area contributed by atoms with Gasteiger partial charge in [-0.25, -0.2) is 9.59 Å². The van der Waals surface area contributed by atoms with Gasteiger partial charge in [-0.3, -0.25) is 0 Å². The molecule has 2 aromatic rings. The summed E-state index contributed by atoms with van der Waals surface area (Å²) in [6, 6.07) is 9.37. The van der Waals surface area contributed by atoms with Gasteiger partial charge in [0.1, 0.15) is 0 Å². The molecule has 0 aliphatic rings. The van der Waals surface area contributed by atoms with Gasteiger partial charge >= 0.3 is 115 Å². The van der Waals surface area contributed by atoms with Gasteiger partial charge in [0.2, 0.25) is 0 Å². The maximum Gasteiger partial charge on any atom is 1.00 e. The van der Waals surface area contributed by atoms with Gasteiger partial charge in [0.15, 0.2) is 0 Å². The van der Waals surface area contributed by atoms with Crippen LogP contribution in [0.5, 0.6) is 0 Å². The smallest absolute Gasteiger partial charge is 1.00 e. The van der Waals surface area contributed by atoms with E-state index < -0.39 is 11.9 Å². The van der Waals surface area contributed by atoms with E-state index in [1.54, 1.807) is 24.3 Å². The number of fused-ring (bicyclic) bond motifs is 1. The summed E-state index contributed by atoms with van der Waals surface area (Å²) >= 11 is 0. The van der Waals surface area contributed by atoms with Gasteiger partial charge in [-0.2, -0.15) is 0 Å². The van der Waals surface area contributed by atoms with Gasteiger partial charge in [-0.05, 0) is 17.5 Å². The van der Waals surface area contributed by atoms with Crippen molar-refractivity contribution < 1.29 is 125 Å². The Morgan fingerprint density at radius 1 is 0.833 bits per heavy atom. The Labute approximate surface area is 192 Å². The third-order valence-electron chi connectivity index (χ3n) is 2.37. The molecule has 6 heteroatoms. The third kappa shape index (κ3) is 3.95. The average Bonchev–Trinajstić information content (AvgIpc) is 2.27. The number of hydrogen-bond acceptors (Lipinski definition) is 2. The molecule has 0 unspecified atom stereocenters. The van der Waals surface area contributed by atoms with Crippen LogP contribution < -0.4 is 103 Å². The Bertz CT molecular complexity index is 556. The van der Waals surface area contributed by atoms with Crippen LogP contribution in [0, 0.1) is 0 Å². The molecule has 4 nitrogen and oxygen atoms in total. The molecule has 0 heterocycles. The fourth-order valence-electron chi connectivity index (χ4n) is 1.70. The minimum Gasteiger partial charge on any atom is -1.00 e. The van der Waals surface area contributed by atoms with Crippen molar-refractivity contribution in [3.05, 3.63) is 47.5 Å². The molecule has 84 valence electrons. The molecule has 0 saturated heterocycles. The van der Waals surface area contributed by atoms with Crippen molar-refractivity contribution in [1.29, 1.82) is 0 Å². The van der Waals surface area contributed by atoms with Gasteiger partial charge in [0.25, 0.3) is 0 Å². The fraction of sp³-hybridized carbons (Fsp3) is 0. The predicted molar refractivity (Wildman–Crippen MR) is 60.1 cm³/mol. The molecule has 0 aliphatic heterocycles. The molecular formula is C12H10K2O4. The van der Waals surface area contributed by atoms with Gasteiger partial charge in [-0.1, -0.05) is 24.3 Å². The van der Waals surface area contributed by atoms with E-state index in [0.29, 0.717) is 5.39 Å². The normalized spacial score (nSPS) is 9.11. The quantitative estimate of drug-likeness (QED) is 0.563. The molecule has 0 fully saturated rings. The Morgan fingerprint density at radius 2 is 1.22 bits per heavy atom. The van der Waals surface area contributed by atoms with Crippen LogP contribution >= 0.6 is 0 Å². The molecule has 0 spiro atoms. The van der Waals surface area contributed by atoms with Crippen molar-refractivity contribution >= 4 is 22.7 Å². The van der Waals surface area contributed by atoms with E-state index in [9.17, 15) is 9.59 Å². The number of carboxylic acids is 2. The summed E-state index contributed by atoms with van der Waals surface area (Å²) in [5.41, 5.74) is 0.0194. The van der Waals surface area contributed by atoms with E-state index in [1.807, 2.05) is 0 Å². The van der Waals surface area contributed by atoms with Crippen LogP contribution in [0.3, 0.4) is 0 Å². The first kappa shape index (κ1) is 18.9. The van der Waals surface area contributed by atoms with E-state index >= 15 is 0 Å². The van der Waals surface area contributed by atoms with Gasteiger partial charge in [0.05, 0.1) is 11.1 Å². The average molecular weight is 296 g/mol. The number of benzene rings is 2. The van der Waals surface area contributed by atoms with E-state index in [2.05, 4.69) is 0 Å². The number of carboxylic acid groups (broad SMARTS) is 2. The second kappa shape index (κ2) is 8.26. The molecule has 0 aliphatic carbocycles. The summed E-state index contributed by atoms with van der Waals surface area (Å²) in [6.45, 7) is 0. The Hall–Kier alpha value is 0.913. The van der Waals surface area contributed by atoms with Crippen LogP contribution in [0.15, 0.2) is 36.4 Å². The van der Waals surface area contributed by atoms with Crippen LogP contribution in [0.1, 0.15) is 23.6 Å². The molecule has 18 heavy (non-hydrogen) atoms. The molecule has 0 bridgehead atoms. The summed E-state index contributed by atoms with van der Waals surface area (Å²) in [4.78, 5) is 22.0. The van der Waals surface area contributed by atoms with E-state index in [4.69, 9.17) is 10.2 Å². The van der Waals surface area contributed by atoms with Crippen molar-refractivity contribution in [2.75, 3.05) is 0 Å². The molecule has 0 saturated carbocycles. The van der Waals surface area contributed by atoms with Crippen molar-refractivity contribution in [3.63, 3.8) is 0 Å². The zero-order valence-corrected chi connectivity index (χ0v) is 16.4. The molecule has 0 aromatic heterocycles. The van der Waals surface area contributed by atoms with Crippen LogP contribution in [0.2, 0.25) is 0 Å². The Morgan fingerprint density at radius 3 is 1.56 bits per heavy atom. The first-order chi connectivity index (χ1) is 7.61. The second-order valence-electron chi connectivity index (χ2n) is 3.32. The summed E-state index contributed by atoms with van der Waals surface area (Å²) in [6.07, 6.45) is 0. The topological polar surface area (TPSA) is 74.6 Å². The standard InChI is InChI=1S/C12H8O4.2K.2H/c13-11(14)8-5-1-3-7-4-2-6-9(10(7)8)12(15)16;;;;/h1-6H,(H,13,14)(H,15,16);;;;/q;2*+1;2*-1. The summed E-state index contributed by atoms with van der Waals surface area (Å²) in [7, 11) is 0. The number of hydrogen-bond donors (Lipinski definition) is 2. The summed E-state index contributed by atoms with van der Waals surface area (Å²) in [5, 5.41) is 18.9. The molecule has 0 amide bonds. The molecule has 0 atom stereocenters. The van der Waals surface area contributed by atoms with E-state index in [0.717, 1.165) is 0 Å². The van der Waals surface area contributed by atoms with E-state index in [-0.39, 0.29) is 122 Å². The zero-order valence-electron chi connectivity index (χ0n) is 12.2. The largest absolute Gasteiger partial charge is 1.00 e. The molecule has 2 N–H and O–H groups in total. The first-order valence-corrected chi connectivity index (χ1v) is 4.59. The molecule has 2 aromatic carbocycles. The first-order valence-electron chi connectivity index (χ1n) is 4.59. The molecule has 0 radical (unpaired) electrons. The predicted octanol–water partition coefficient (Wildman–Crippen LogP) is -3.53. The van der Waals surface area contributed by atoms with E-state index in [1.165, 1.54) is 12.1 Å². The third-order valence-corrected chi connectivity index (χ3v) is 2.37. The molecule has 2 rings (SSSR count). The van der Waals surface area contributed by atoms with Gasteiger partial charge in [0, 0.05) is 5.39 Å². The van der Waals surface area contributed by atoms with Gasteiger partial charge in [-0.15, -0.1) is 0 Å². The minimum atomic E-state index is -1.13. The summed E-state index contributed by atoms with van der Waals surface area (Å²) < 4.78 is 0. The van der Waals surface area contributed by atoms with Gasteiger partial charge < -0.3 is 13.1 Å². The summed E-state index contributed by atoms with van der Waals surface area (Å²) in [5.74, 6) is -2.25.